The average Bonchev–Trinajstić information content (AvgIpc) is 2.39. The summed E-state index contributed by atoms with van der Waals surface area (Å²) in [5, 5.41) is 0.00374. The summed E-state index contributed by atoms with van der Waals surface area (Å²) in [4.78, 5) is 26.2. The summed E-state index contributed by atoms with van der Waals surface area (Å²) in [5.41, 5.74) is -0.650. The van der Waals surface area contributed by atoms with Crippen LogP contribution in [-0.2, 0) is 13.0 Å². The number of halogens is 3. The summed E-state index contributed by atoms with van der Waals surface area (Å²) < 4.78 is 26.9. The van der Waals surface area contributed by atoms with Gasteiger partial charge in [0.2, 0.25) is 0 Å². The highest BCUT2D eigenvalue weighted by Gasteiger charge is 2.12. The molecule has 1 N–H and O–H groups in total. The molecule has 0 radical (unpaired) electrons. The van der Waals surface area contributed by atoms with Crippen LogP contribution in [0.1, 0.15) is 18.1 Å². The van der Waals surface area contributed by atoms with Crippen LogP contribution >= 0.6 is 11.6 Å². The molecule has 0 aliphatic rings. The number of hydrogen-bond acceptors (Lipinski definition) is 2. The van der Waals surface area contributed by atoms with E-state index in [1.54, 1.807) is 6.92 Å². The molecule has 2 rings (SSSR count). The number of nitrogens with zero attached hydrogens (tertiary/aromatic N) is 1. The topological polar surface area (TPSA) is 54.9 Å². The molecule has 0 fully saturated rings. The predicted molar refractivity (Wildman–Crippen MR) is 71.2 cm³/mol. The molecule has 106 valence electrons. The molecular weight excluding hydrogens is 290 g/mol. The Labute approximate surface area is 117 Å². The maximum atomic E-state index is 13.1. The van der Waals surface area contributed by atoms with Crippen molar-refractivity contribution in [1.82, 2.24) is 9.55 Å². The smallest absolute Gasteiger partial charge is 0.297 e. The van der Waals surface area contributed by atoms with Crippen molar-refractivity contribution in [2.24, 2.45) is 0 Å². The average molecular weight is 301 g/mol. The third-order valence-electron chi connectivity index (χ3n) is 2.91. The van der Waals surface area contributed by atoms with E-state index in [0.717, 1.165) is 16.7 Å². The fraction of sp³-hybridized carbons (Fsp3) is 0.231. The molecule has 0 bridgehead atoms. The van der Waals surface area contributed by atoms with E-state index in [9.17, 15) is 18.4 Å². The lowest BCUT2D eigenvalue weighted by Crippen LogP contribution is -2.37. The highest BCUT2D eigenvalue weighted by atomic mass is 35.5. The lowest BCUT2D eigenvalue weighted by Gasteiger charge is -2.08. The van der Waals surface area contributed by atoms with Crippen molar-refractivity contribution >= 4 is 11.6 Å². The van der Waals surface area contributed by atoms with Crippen molar-refractivity contribution < 1.29 is 8.78 Å². The van der Waals surface area contributed by atoms with Crippen molar-refractivity contribution in [3.8, 4) is 0 Å². The fourth-order valence-corrected chi connectivity index (χ4v) is 2.15. The molecule has 0 aliphatic carbocycles. The van der Waals surface area contributed by atoms with Crippen molar-refractivity contribution in [2.45, 2.75) is 19.9 Å². The van der Waals surface area contributed by atoms with E-state index in [1.165, 1.54) is 6.07 Å². The Hall–Kier alpha value is -1.95. The fourth-order valence-electron chi connectivity index (χ4n) is 1.86. The van der Waals surface area contributed by atoms with Crippen LogP contribution in [0.3, 0.4) is 0 Å². The Morgan fingerprint density at radius 1 is 1.25 bits per heavy atom. The third-order valence-corrected chi connectivity index (χ3v) is 3.23. The molecule has 0 atom stereocenters. The first-order valence-corrected chi connectivity index (χ1v) is 6.27. The number of aromatic nitrogens is 2. The zero-order valence-electron chi connectivity index (χ0n) is 10.5. The van der Waals surface area contributed by atoms with E-state index < -0.39 is 22.9 Å². The maximum Gasteiger partial charge on any atom is 0.329 e. The molecule has 1 aromatic heterocycles. The van der Waals surface area contributed by atoms with Crippen LogP contribution in [-0.4, -0.2) is 9.55 Å². The molecule has 1 heterocycles. The van der Waals surface area contributed by atoms with Gasteiger partial charge in [0.05, 0.1) is 12.1 Å². The normalized spacial score (nSPS) is 10.8. The first-order chi connectivity index (χ1) is 9.43. The second-order valence-electron chi connectivity index (χ2n) is 4.22. The van der Waals surface area contributed by atoms with Crippen LogP contribution in [0, 0.1) is 11.6 Å². The van der Waals surface area contributed by atoms with Gasteiger partial charge in [0.15, 0.2) is 11.6 Å². The molecule has 7 heteroatoms. The molecule has 0 saturated carbocycles. The van der Waals surface area contributed by atoms with E-state index in [0.29, 0.717) is 12.0 Å². The highest BCUT2D eigenvalue weighted by molar-refractivity contribution is 6.30. The van der Waals surface area contributed by atoms with Gasteiger partial charge in [-0.15, -0.1) is 0 Å². The van der Waals surface area contributed by atoms with Gasteiger partial charge in [0.25, 0.3) is 5.56 Å². The van der Waals surface area contributed by atoms with Gasteiger partial charge in [-0.25, -0.2) is 13.6 Å². The van der Waals surface area contributed by atoms with E-state index in [4.69, 9.17) is 11.6 Å². The number of hydrogen-bond donors (Lipinski definition) is 1. The summed E-state index contributed by atoms with van der Waals surface area (Å²) in [6.07, 6.45) is 0.353. The van der Waals surface area contributed by atoms with E-state index >= 15 is 0 Å². The molecular formula is C13H11ClF2N2O2. The lowest BCUT2D eigenvalue weighted by molar-refractivity contribution is 0.506. The Morgan fingerprint density at radius 2 is 1.95 bits per heavy atom. The Morgan fingerprint density at radius 3 is 2.55 bits per heavy atom. The monoisotopic (exact) mass is 300 g/mol. The predicted octanol–water partition coefficient (Wildman–Crippen LogP) is 2.08. The molecule has 0 spiro atoms. The number of nitrogens with one attached hydrogen (secondary N) is 1. The summed E-state index contributed by atoms with van der Waals surface area (Å²) in [6.45, 7) is 1.57. The Bertz CT molecular complexity index is 768. The lowest BCUT2D eigenvalue weighted by atomic mass is 10.2. The van der Waals surface area contributed by atoms with E-state index in [1.807, 2.05) is 0 Å². The van der Waals surface area contributed by atoms with Gasteiger partial charge in [0, 0.05) is 0 Å². The number of aromatic amines is 1. The molecule has 4 nitrogen and oxygen atoms in total. The van der Waals surface area contributed by atoms with Gasteiger partial charge >= 0.3 is 5.69 Å². The largest absolute Gasteiger partial charge is 0.329 e. The molecule has 20 heavy (non-hydrogen) atoms. The minimum atomic E-state index is -1.03. The Kier molecular flexibility index (Phi) is 4.04. The zero-order valence-corrected chi connectivity index (χ0v) is 11.3. The van der Waals surface area contributed by atoms with Crippen LogP contribution in [0.2, 0.25) is 5.15 Å². The summed E-state index contributed by atoms with van der Waals surface area (Å²) in [6, 6.07) is 3.20. The van der Waals surface area contributed by atoms with Crippen molar-refractivity contribution in [3.05, 3.63) is 67.0 Å². The van der Waals surface area contributed by atoms with Crippen LogP contribution < -0.4 is 11.2 Å². The van der Waals surface area contributed by atoms with Crippen LogP contribution in [0.15, 0.2) is 27.8 Å². The summed E-state index contributed by atoms with van der Waals surface area (Å²) in [5.74, 6) is -2.02. The Balaban J connectivity index is 2.51. The molecule has 0 aliphatic heterocycles. The van der Waals surface area contributed by atoms with Crippen molar-refractivity contribution in [1.29, 1.82) is 0 Å². The van der Waals surface area contributed by atoms with Gasteiger partial charge < -0.3 is 0 Å². The number of rotatable bonds is 3. The first kappa shape index (κ1) is 14.5. The molecule has 2 aromatic rings. The zero-order chi connectivity index (χ0) is 14.9. The van der Waals surface area contributed by atoms with E-state index in [2.05, 4.69) is 4.98 Å². The van der Waals surface area contributed by atoms with Crippen LogP contribution in [0.4, 0.5) is 8.78 Å². The maximum absolute atomic E-state index is 13.1. The number of benzene rings is 1. The minimum absolute atomic E-state index is 0.00374. The molecule has 0 unspecified atom stereocenters. The SMILES string of the molecule is CCc1c(Cl)[nH]c(=O)n(Cc2ccc(F)c(F)c2)c1=O. The van der Waals surface area contributed by atoms with Crippen LogP contribution in [0.5, 0.6) is 0 Å². The quantitative estimate of drug-likeness (QED) is 0.882. The third kappa shape index (κ3) is 2.65. The first-order valence-electron chi connectivity index (χ1n) is 5.89. The van der Waals surface area contributed by atoms with Gasteiger partial charge in [-0.05, 0) is 24.1 Å². The summed E-state index contributed by atoms with van der Waals surface area (Å²) >= 11 is 5.78. The van der Waals surface area contributed by atoms with Gasteiger partial charge in [0.1, 0.15) is 5.15 Å². The van der Waals surface area contributed by atoms with Crippen LogP contribution in [0.25, 0.3) is 0 Å². The van der Waals surface area contributed by atoms with Gasteiger partial charge in [-0.3, -0.25) is 14.3 Å². The number of H-pyrrole nitrogens is 1. The van der Waals surface area contributed by atoms with Crippen molar-refractivity contribution in [3.63, 3.8) is 0 Å². The molecule has 0 amide bonds. The standard InChI is InChI=1S/C13H11ClF2N2O2/c1-2-8-11(14)17-13(20)18(12(8)19)6-7-3-4-9(15)10(16)5-7/h3-5H,2,6H2,1H3,(H,17,20). The minimum Gasteiger partial charge on any atom is -0.297 e. The summed E-state index contributed by atoms with van der Waals surface area (Å²) in [7, 11) is 0. The highest BCUT2D eigenvalue weighted by Crippen LogP contribution is 2.10. The second kappa shape index (κ2) is 5.58. The van der Waals surface area contributed by atoms with Gasteiger partial charge in [-0.2, -0.15) is 0 Å². The molecule has 0 saturated heterocycles. The molecule has 1 aromatic carbocycles. The van der Waals surface area contributed by atoms with Crippen molar-refractivity contribution in [2.75, 3.05) is 0 Å². The second-order valence-corrected chi connectivity index (χ2v) is 4.59. The van der Waals surface area contributed by atoms with Gasteiger partial charge in [-0.1, -0.05) is 24.6 Å². The van der Waals surface area contributed by atoms with E-state index in [-0.39, 0.29) is 17.3 Å².